The molecule has 1 heterocycles. The Bertz CT molecular complexity index is 348. The minimum absolute atomic E-state index is 0.379. The molecule has 0 saturated heterocycles. The lowest BCUT2D eigenvalue weighted by atomic mass is 9.94. The van der Waals surface area contributed by atoms with Crippen LogP contribution in [0.25, 0.3) is 0 Å². The minimum atomic E-state index is -0.816. The number of amides is 1. The van der Waals surface area contributed by atoms with Crippen molar-refractivity contribution in [3.63, 3.8) is 0 Å². The summed E-state index contributed by atoms with van der Waals surface area (Å²) in [7, 11) is 0. The molecule has 1 amide bonds. The first kappa shape index (κ1) is 9.06. The molecule has 0 radical (unpaired) electrons. The number of benzene rings is 1. The predicted molar refractivity (Wildman–Crippen MR) is 53.0 cm³/mol. The summed E-state index contributed by atoms with van der Waals surface area (Å²) in [6, 6.07) is 7.67. The van der Waals surface area contributed by atoms with Crippen LogP contribution in [0.5, 0.6) is 5.75 Å². The number of carbonyl (C=O) groups is 1. The monoisotopic (exact) mass is 191 g/mol. The van der Waals surface area contributed by atoms with Crippen molar-refractivity contribution in [1.29, 1.82) is 0 Å². The zero-order valence-corrected chi connectivity index (χ0v) is 8.12. The van der Waals surface area contributed by atoms with E-state index in [4.69, 9.17) is 10.5 Å². The maximum absolute atomic E-state index is 11.3. The van der Waals surface area contributed by atoms with E-state index in [-0.39, 0.29) is 5.91 Å². The highest BCUT2D eigenvalue weighted by Gasteiger charge is 2.42. The van der Waals surface area contributed by atoms with Crippen LogP contribution in [0.15, 0.2) is 24.3 Å². The fraction of sp³-hybridized carbons (Fsp3) is 0.364. The third kappa shape index (κ3) is 1.16. The van der Waals surface area contributed by atoms with Crippen LogP contribution in [0.1, 0.15) is 18.9 Å². The highest BCUT2D eigenvalue weighted by atomic mass is 16.5. The van der Waals surface area contributed by atoms with E-state index in [0.717, 1.165) is 11.3 Å². The van der Waals surface area contributed by atoms with Gasteiger partial charge in [-0.3, -0.25) is 4.79 Å². The predicted octanol–water partition coefficient (Wildman–Crippen LogP) is 1.26. The third-order valence-electron chi connectivity index (χ3n) is 2.77. The van der Waals surface area contributed by atoms with Gasteiger partial charge >= 0.3 is 0 Å². The summed E-state index contributed by atoms with van der Waals surface area (Å²) >= 11 is 0. The summed E-state index contributed by atoms with van der Waals surface area (Å²) in [4.78, 5) is 11.3. The fourth-order valence-electron chi connectivity index (χ4n) is 1.81. The average Bonchev–Trinajstić information content (AvgIpc) is 2.57. The molecule has 14 heavy (non-hydrogen) atoms. The average molecular weight is 191 g/mol. The van der Waals surface area contributed by atoms with E-state index >= 15 is 0 Å². The smallest absolute Gasteiger partial charge is 0.261 e. The van der Waals surface area contributed by atoms with Crippen molar-refractivity contribution in [2.24, 2.45) is 5.73 Å². The number of fused-ring (bicyclic) bond motifs is 1. The Morgan fingerprint density at radius 1 is 1.57 bits per heavy atom. The largest absolute Gasteiger partial charge is 0.477 e. The number of carbonyl (C=O) groups excluding carboxylic acids is 1. The topological polar surface area (TPSA) is 52.3 Å². The van der Waals surface area contributed by atoms with Gasteiger partial charge in [0.15, 0.2) is 5.60 Å². The van der Waals surface area contributed by atoms with Gasteiger partial charge in [-0.05, 0) is 18.1 Å². The number of ether oxygens (including phenoxy) is 1. The van der Waals surface area contributed by atoms with Crippen molar-refractivity contribution in [3.05, 3.63) is 29.8 Å². The first-order valence-electron chi connectivity index (χ1n) is 4.75. The molecule has 0 bridgehead atoms. The Hall–Kier alpha value is -1.51. The standard InChI is InChI=1S/C11H13NO2/c1-2-11(10(12)13)7-8-5-3-4-6-9(8)14-11/h3-6H,2,7H2,1H3,(H2,12,13)/t11-/m1/s1. The molecule has 74 valence electrons. The Morgan fingerprint density at radius 2 is 2.29 bits per heavy atom. The summed E-state index contributed by atoms with van der Waals surface area (Å²) in [6.45, 7) is 1.91. The first-order valence-corrected chi connectivity index (χ1v) is 4.75. The molecule has 2 N–H and O–H groups in total. The molecule has 0 saturated carbocycles. The zero-order valence-electron chi connectivity index (χ0n) is 8.12. The zero-order chi connectivity index (χ0) is 10.2. The lowest BCUT2D eigenvalue weighted by molar-refractivity contribution is -0.132. The van der Waals surface area contributed by atoms with Crippen molar-refractivity contribution in [1.82, 2.24) is 0 Å². The third-order valence-corrected chi connectivity index (χ3v) is 2.77. The van der Waals surface area contributed by atoms with E-state index in [9.17, 15) is 4.79 Å². The Balaban J connectivity index is 2.37. The second-order valence-electron chi connectivity index (χ2n) is 3.60. The van der Waals surface area contributed by atoms with Gasteiger partial charge in [-0.1, -0.05) is 25.1 Å². The molecule has 0 unspecified atom stereocenters. The molecule has 0 aromatic heterocycles. The molecule has 1 atom stereocenters. The van der Waals surface area contributed by atoms with E-state index in [0.29, 0.717) is 12.8 Å². The van der Waals surface area contributed by atoms with Crippen molar-refractivity contribution >= 4 is 5.91 Å². The van der Waals surface area contributed by atoms with Crippen LogP contribution in [0.3, 0.4) is 0 Å². The Labute approximate surface area is 82.9 Å². The summed E-state index contributed by atoms with van der Waals surface area (Å²) in [5.41, 5.74) is 5.61. The number of rotatable bonds is 2. The Kier molecular flexibility index (Phi) is 1.95. The van der Waals surface area contributed by atoms with Crippen LogP contribution in [0.2, 0.25) is 0 Å². The first-order chi connectivity index (χ1) is 6.68. The molecule has 0 fully saturated rings. The van der Waals surface area contributed by atoms with Gasteiger partial charge in [0.25, 0.3) is 5.91 Å². The molecule has 2 rings (SSSR count). The summed E-state index contributed by atoms with van der Waals surface area (Å²) in [6.07, 6.45) is 1.20. The Morgan fingerprint density at radius 3 is 2.86 bits per heavy atom. The van der Waals surface area contributed by atoms with Crippen molar-refractivity contribution in [2.75, 3.05) is 0 Å². The van der Waals surface area contributed by atoms with Crippen LogP contribution in [0.4, 0.5) is 0 Å². The molecule has 1 aliphatic heterocycles. The van der Waals surface area contributed by atoms with E-state index in [1.165, 1.54) is 0 Å². The van der Waals surface area contributed by atoms with Crippen LogP contribution in [0, 0.1) is 0 Å². The molecule has 0 aliphatic carbocycles. The summed E-state index contributed by atoms with van der Waals surface area (Å²) in [5.74, 6) is 0.407. The maximum atomic E-state index is 11.3. The quantitative estimate of drug-likeness (QED) is 0.765. The van der Waals surface area contributed by atoms with Gasteiger partial charge in [0.2, 0.25) is 0 Å². The normalized spacial score (nSPS) is 24.1. The van der Waals surface area contributed by atoms with Crippen LogP contribution in [-0.2, 0) is 11.2 Å². The van der Waals surface area contributed by atoms with Gasteiger partial charge in [-0.2, -0.15) is 0 Å². The highest BCUT2D eigenvalue weighted by Crippen LogP contribution is 2.36. The molecule has 3 heteroatoms. The van der Waals surface area contributed by atoms with Crippen molar-refractivity contribution in [3.8, 4) is 5.75 Å². The van der Waals surface area contributed by atoms with Crippen molar-refractivity contribution in [2.45, 2.75) is 25.4 Å². The van der Waals surface area contributed by atoms with Gasteiger partial charge in [0.1, 0.15) is 5.75 Å². The second kappa shape index (κ2) is 3.01. The summed E-state index contributed by atoms with van der Waals surface area (Å²) < 4.78 is 5.63. The highest BCUT2D eigenvalue weighted by molar-refractivity contribution is 5.85. The number of para-hydroxylation sites is 1. The number of primary amides is 1. The number of hydrogen-bond acceptors (Lipinski definition) is 2. The van der Waals surface area contributed by atoms with E-state index in [2.05, 4.69) is 0 Å². The van der Waals surface area contributed by atoms with E-state index in [1.54, 1.807) is 0 Å². The van der Waals surface area contributed by atoms with Gasteiger partial charge < -0.3 is 10.5 Å². The summed E-state index contributed by atoms with van der Waals surface area (Å²) in [5, 5.41) is 0. The fourth-order valence-corrected chi connectivity index (χ4v) is 1.81. The van der Waals surface area contributed by atoms with Gasteiger partial charge in [0, 0.05) is 6.42 Å². The van der Waals surface area contributed by atoms with Crippen LogP contribution < -0.4 is 10.5 Å². The molecular weight excluding hydrogens is 178 g/mol. The van der Waals surface area contributed by atoms with Crippen LogP contribution >= 0.6 is 0 Å². The maximum Gasteiger partial charge on any atom is 0.261 e. The van der Waals surface area contributed by atoms with Crippen LogP contribution in [-0.4, -0.2) is 11.5 Å². The lowest BCUT2D eigenvalue weighted by Gasteiger charge is -2.23. The minimum Gasteiger partial charge on any atom is -0.477 e. The van der Waals surface area contributed by atoms with E-state index in [1.807, 2.05) is 31.2 Å². The van der Waals surface area contributed by atoms with E-state index < -0.39 is 5.60 Å². The molecule has 1 aromatic rings. The molecular formula is C11H13NO2. The van der Waals surface area contributed by atoms with Gasteiger partial charge in [-0.25, -0.2) is 0 Å². The molecule has 1 aliphatic rings. The molecule has 0 spiro atoms. The second-order valence-corrected chi connectivity index (χ2v) is 3.60. The number of hydrogen-bond donors (Lipinski definition) is 1. The SMILES string of the molecule is CC[C@]1(C(N)=O)Cc2ccccc2O1. The van der Waals surface area contributed by atoms with Gasteiger partial charge in [0.05, 0.1) is 0 Å². The van der Waals surface area contributed by atoms with Crippen molar-refractivity contribution < 1.29 is 9.53 Å². The lowest BCUT2D eigenvalue weighted by Crippen LogP contribution is -2.47. The number of nitrogens with two attached hydrogens (primary N) is 1. The van der Waals surface area contributed by atoms with Gasteiger partial charge in [-0.15, -0.1) is 0 Å². The molecule has 1 aromatic carbocycles. The molecule has 3 nitrogen and oxygen atoms in total.